The third-order valence-corrected chi connectivity index (χ3v) is 7.45. The fourth-order valence-electron chi connectivity index (χ4n) is 4.37. The number of nitriles is 1. The van der Waals surface area contributed by atoms with Crippen molar-refractivity contribution in [1.29, 1.82) is 5.26 Å². The van der Waals surface area contributed by atoms with Gasteiger partial charge >= 0.3 is 6.18 Å². The maximum Gasteiger partial charge on any atom is 0.418 e. The number of nitrogens with zero attached hydrogens (tertiary/aromatic N) is 4. The van der Waals surface area contributed by atoms with Crippen molar-refractivity contribution in [3.8, 4) is 34.2 Å². The van der Waals surface area contributed by atoms with Gasteiger partial charge in [-0.25, -0.2) is 27.5 Å². The Morgan fingerprint density at radius 2 is 1.68 bits per heavy atom. The smallest absolute Gasteiger partial charge is 0.418 e. The second-order valence-corrected chi connectivity index (χ2v) is 10.3. The van der Waals surface area contributed by atoms with Crippen LogP contribution in [0.4, 0.5) is 23.5 Å². The Hall–Kier alpha value is -5.09. The maximum atomic E-state index is 14.7. The number of sulfonamides is 1. The van der Waals surface area contributed by atoms with Crippen molar-refractivity contribution < 1.29 is 30.7 Å². The lowest BCUT2D eigenvalue weighted by Crippen LogP contribution is -2.15. The summed E-state index contributed by atoms with van der Waals surface area (Å²) in [4.78, 5) is 11.1. The summed E-state index contributed by atoms with van der Waals surface area (Å²) in [5.41, 5.74) is -2.05. The van der Waals surface area contributed by atoms with E-state index >= 15 is 0 Å². The van der Waals surface area contributed by atoms with Crippen LogP contribution in [0.3, 0.4) is 0 Å². The molecule has 8 nitrogen and oxygen atoms in total. The third kappa shape index (κ3) is 5.24. The van der Waals surface area contributed by atoms with E-state index in [-0.39, 0.29) is 38.6 Å². The maximum absolute atomic E-state index is 14.7. The van der Waals surface area contributed by atoms with Crippen LogP contribution >= 0.6 is 0 Å². The van der Waals surface area contributed by atoms with Crippen molar-refractivity contribution in [3.63, 3.8) is 0 Å². The van der Waals surface area contributed by atoms with Gasteiger partial charge in [-0.15, -0.1) is 0 Å². The molecule has 0 saturated carbocycles. The van der Waals surface area contributed by atoms with Crippen LogP contribution in [0.15, 0.2) is 84.1 Å². The van der Waals surface area contributed by atoms with Gasteiger partial charge in [-0.05, 0) is 35.2 Å². The van der Waals surface area contributed by atoms with Crippen LogP contribution in [0, 0.1) is 17.1 Å². The number of alkyl halides is 3. The van der Waals surface area contributed by atoms with Gasteiger partial charge in [0, 0.05) is 17.1 Å². The van der Waals surface area contributed by atoms with Crippen LogP contribution in [0.1, 0.15) is 11.1 Å². The van der Waals surface area contributed by atoms with Gasteiger partial charge in [-0.2, -0.15) is 18.4 Å². The summed E-state index contributed by atoms with van der Waals surface area (Å²) >= 11 is 0. The lowest BCUT2D eigenvalue weighted by atomic mass is 9.88. The monoisotopic (exact) mass is 579 g/mol. The summed E-state index contributed by atoms with van der Waals surface area (Å²) in [6.45, 7) is 0. The average Bonchev–Trinajstić information content (AvgIpc) is 2.96. The highest BCUT2D eigenvalue weighted by Gasteiger charge is 2.40. The molecule has 206 valence electrons. The lowest BCUT2D eigenvalue weighted by molar-refractivity contribution is -0.137. The van der Waals surface area contributed by atoms with E-state index in [9.17, 15) is 31.2 Å². The molecule has 1 N–H and O–H groups in total. The predicted molar refractivity (Wildman–Crippen MR) is 142 cm³/mol. The van der Waals surface area contributed by atoms with Crippen LogP contribution in [-0.4, -0.2) is 30.5 Å². The highest BCUT2D eigenvalue weighted by molar-refractivity contribution is 7.92. The van der Waals surface area contributed by atoms with Crippen molar-refractivity contribution in [2.24, 2.45) is 0 Å². The number of aromatic nitrogens is 3. The molecule has 0 unspecified atom stereocenters. The molecular formula is C28H17F4N5O3S. The summed E-state index contributed by atoms with van der Waals surface area (Å²) in [5, 5.41) is 10.3. The van der Waals surface area contributed by atoms with Gasteiger partial charge in [0.25, 0.3) is 10.0 Å². The molecule has 2 heterocycles. The van der Waals surface area contributed by atoms with Gasteiger partial charge < -0.3 is 4.74 Å². The largest absolute Gasteiger partial charge is 0.496 e. The number of nitrogens with one attached hydrogen (secondary N) is 1. The highest BCUT2D eigenvalue weighted by atomic mass is 32.2. The second-order valence-electron chi connectivity index (χ2n) is 8.60. The zero-order chi connectivity index (χ0) is 29.4. The zero-order valence-electron chi connectivity index (χ0n) is 20.9. The minimum atomic E-state index is -4.98. The van der Waals surface area contributed by atoms with E-state index in [1.807, 2.05) is 0 Å². The number of ether oxygens (including phenoxy) is 1. The quantitative estimate of drug-likeness (QED) is 0.238. The number of hydrogen-bond donors (Lipinski definition) is 1. The molecular weight excluding hydrogens is 562 g/mol. The summed E-state index contributed by atoms with van der Waals surface area (Å²) in [6.07, 6.45) is -2.19. The highest BCUT2D eigenvalue weighted by Crippen LogP contribution is 2.48. The molecule has 0 spiro atoms. The first-order valence-corrected chi connectivity index (χ1v) is 13.2. The summed E-state index contributed by atoms with van der Waals surface area (Å²) in [5.74, 6) is -1.31. The molecule has 0 amide bonds. The Morgan fingerprint density at radius 1 is 0.976 bits per heavy atom. The van der Waals surface area contributed by atoms with Crippen molar-refractivity contribution >= 4 is 26.7 Å². The number of pyridine rings is 1. The molecule has 0 aliphatic carbocycles. The number of halogens is 4. The van der Waals surface area contributed by atoms with E-state index in [1.54, 1.807) is 36.4 Å². The van der Waals surface area contributed by atoms with Crippen LogP contribution in [0.5, 0.6) is 5.75 Å². The molecule has 0 radical (unpaired) electrons. The Bertz CT molecular complexity index is 1930. The van der Waals surface area contributed by atoms with Gasteiger partial charge in [0.1, 0.15) is 11.8 Å². The van der Waals surface area contributed by atoms with Crippen LogP contribution in [-0.2, 0) is 16.2 Å². The third-order valence-electron chi connectivity index (χ3n) is 6.12. The molecule has 0 aliphatic heterocycles. The van der Waals surface area contributed by atoms with Gasteiger partial charge in [-0.3, -0.25) is 4.98 Å². The first-order valence-electron chi connectivity index (χ1n) is 11.7. The van der Waals surface area contributed by atoms with Gasteiger partial charge in [0.2, 0.25) is 5.95 Å². The number of rotatable bonds is 6. The number of benzene rings is 3. The van der Waals surface area contributed by atoms with Crippen LogP contribution in [0.2, 0.25) is 0 Å². The average molecular weight is 580 g/mol. The molecule has 41 heavy (non-hydrogen) atoms. The van der Waals surface area contributed by atoms with Gasteiger partial charge in [-0.1, -0.05) is 36.4 Å². The van der Waals surface area contributed by atoms with Crippen LogP contribution in [0.25, 0.3) is 33.2 Å². The normalized spacial score (nSPS) is 11.7. The molecule has 0 saturated heterocycles. The number of methoxy groups -OCH3 is 1. The molecule has 0 aliphatic rings. The Morgan fingerprint density at radius 3 is 2.32 bits per heavy atom. The van der Waals surface area contributed by atoms with E-state index in [0.717, 1.165) is 12.4 Å². The number of hydrogen-bond acceptors (Lipinski definition) is 7. The fourth-order valence-corrected chi connectivity index (χ4v) is 5.36. The van der Waals surface area contributed by atoms with Gasteiger partial charge in [0.05, 0.1) is 46.8 Å². The van der Waals surface area contributed by atoms with Crippen LogP contribution < -0.4 is 9.46 Å². The minimum Gasteiger partial charge on any atom is -0.496 e. The zero-order valence-corrected chi connectivity index (χ0v) is 21.8. The van der Waals surface area contributed by atoms with Crippen molar-refractivity contribution in [2.75, 3.05) is 11.8 Å². The predicted octanol–water partition coefficient (Wildman–Crippen LogP) is 6.20. The van der Waals surface area contributed by atoms with Crippen molar-refractivity contribution in [3.05, 3.63) is 96.2 Å². The first-order chi connectivity index (χ1) is 19.5. The second kappa shape index (κ2) is 10.5. The SMILES string of the molecule is COc1cc(-c2ccccc2)c(C#N)c(C(F)(F)F)c1-c1nccc2cc(S(=O)(=O)Nc3ncc(F)cn3)ccc12. The van der Waals surface area contributed by atoms with E-state index in [0.29, 0.717) is 5.56 Å². The summed E-state index contributed by atoms with van der Waals surface area (Å²) < 4.78 is 90.5. The Balaban J connectivity index is 1.72. The fraction of sp³-hybridized carbons (Fsp3) is 0.0714. The van der Waals surface area contributed by atoms with Crippen molar-refractivity contribution in [2.45, 2.75) is 11.1 Å². The molecule has 5 aromatic rings. The molecule has 0 bridgehead atoms. The topological polar surface area (TPSA) is 118 Å². The minimum absolute atomic E-state index is 0.0312. The Kier molecular flexibility index (Phi) is 7.02. The van der Waals surface area contributed by atoms with E-state index in [4.69, 9.17) is 4.74 Å². The standard InChI is InChI=1S/C28H17F4N5O3S/c1-40-23-12-21(16-5-3-2-4-6-16)22(13-33)25(28(30,31)32)24(23)26-20-8-7-19(11-17(20)9-10-34-26)41(38,39)37-27-35-14-18(29)15-36-27/h2-12,14-15H,1H3,(H,35,36,37). The molecule has 13 heteroatoms. The lowest BCUT2D eigenvalue weighted by Gasteiger charge is -2.21. The molecule has 3 aromatic carbocycles. The van der Waals surface area contributed by atoms with Gasteiger partial charge in [0.15, 0.2) is 5.82 Å². The number of fused-ring (bicyclic) bond motifs is 1. The molecule has 0 fully saturated rings. The summed E-state index contributed by atoms with van der Waals surface area (Å²) in [6, 6.07) is 16.3. The van der Waals surface area contributed by atoms with Crippen molar-refractivity contribution in [1.82, 2.24) is 15.0 Å². The van der Waals surface area contributed by atoms with E-state index < -0.39 is 38.7 Å². The number of anilines is 1. The molecule has 5 rings (SSSR count). The van der Waals surface area contributed by atoms with E-state index in [2.05, 4.69) is 19.7 Å². The summed E-state index contributed by atoms with van der Waals surface area (Å²) in [7, 11) is -3.04. The van der Waals surface area contributed by atoms with E-state index in [1.165, 1.54) is 43.6 Å². The molecule has 0 atom stereocenters. The Labute approximate surface area is 231 Å². The molecule has 2 aromatic heterocycles. The first kappa shape index (κ1) is 27.5.